The lowest BCUT2D eigenvalue weighted by Gasteiger charge is -2.01. The van der Waals surface area contributed by atoms with Crippen LogP contribution < -0.4 is 0 Å². The summed E-state index contributed by atoms with van der Waals surface area (Å²) in [4.78, 5) is 26.6. The second kappa shape index (κ2) is 5.57. The molecule has 0 amide bonds. The van der Waals surface area contributed by atoms with E-state index in [1.807, 2.05) is 0 Å². The molecular formula is C12H9NO5S. The van der Waals surface area contributed by atoms with Crippen molar-refractivity contribution in [1.29, 1.82) is 0 Å². The number of carbonyl (C=O) groups excluding carboxylic acids is 1. The number of ether oxygens (including phenoxy) is 1. The maximum atomic E-state index is 11.3. The summed E-state index contributed by atoms with van der Waals surface area (Å²) in [5, 5.41) is 9.15. The maximum absolute atomic E-state index is 11.3. The Labute approximate surface area is 112 Å². The molecule has 2 aromatic heterocycles. The van der Waals surface area contributed by atoms with Gasteiger partial charge >= 0.3 is 11.9 Å². The third-order valence-electron chi connectivity index (χ3n) is 2.14. The fraction of sp³-hybridized carbons (Fsp3) is 0.0833. The van der Waals surface area contributed by atoms with E-state index in [2.05, 4.69) is 9.72 Å². The molecule has 2 rings (SSSR count). The van der Waals surface area contributed by atoms with Crippen molar-refractivity contribution in [2.75, 3.05) is 7.11 Å². The van der Waals surface area contributed by atoms with E-state index in [9.17, 15) is 9.59 Å². The van der Waals surface area contributed by atoms with Crippen molar-refractivity contribution >= 4 is 23.7 Å². The molecule has 0 spiro atoms. The molecule has 7 heteroatoms. The number of furan rings is 1. The number of aromatic nitrogens is 1. The molecule has 0 bridgehead atoms. The summed E-state index contributed by atoms with van der Waals surface area (Å²) in [6.07, 6.45) is 1.47. The molecule has 1 N–H and O–H groups in total. The van der Waals surface area contributed by atoms with Crippen LogP contribution in [0.2, 0.25) is 0 Å². The molecule has 0 saturated heterocycles. The average molecular weight is 279 g/mol. The first kappa shape index (κ1) is 13.2. The first-order valence-corrected chi connectivity index (χ1v) is 5.97. The number of rotatable bonds is 4. The zero-order chi connectivity index (χ0) is 13.8. The van der Waals surface area contributed by atoms with Crippen LogP contribution in [0.1, 0.15) is 21.0 Å². The number of carbonyl (C=O) groups is 2. The third kappa shape index (κ3) is 3.14. The number of pyridine rings is 1. The summed E-state index contributed by atoms with van der Waals surface area (Å²) in [6, 6.07) is 6.14. The fourth-order valence-corrected chi connectivity index (χ4v) is 2.10. The minimum Gasteiger partial charge on any atom is -0.475 e. The second-order valence-electron chi connectivity index (χ2n) is 3.39. The molecule has 0 aromatic carbocycles. The molecule has 0 aliphatic carbocycles. The number of carboxylic acids is 1. The van der Waals surface area contributed by atoms with Crippen molar-refractivity contribution in [2.45, 2.75) is 9.99 Å². The number of methoxy groups -OCH3 is 1. The van der Waals surface area contributed by atoms with Gasteiger partial charge in [-0.2, -0.15) is 0 Å². The van der Waals surface area contributed by atoms with Gasteiger partial charge < -0.3 is 14.3 Å². The number of hydrogen-bond acceptors (Lipinski definition) is 6. The van der Waals surface area contributed by atoms with Gasteiger partial charge in [0, 0.05) is 11.1 Å². The Bertz CT molecular complexity index is 622. The molecule has 0 radical (unpaired) electrons. The van der Waals surface area contributed by atoms with E-state index in [1.54, 1.807) is 18.2 Å². The number of nitrogens with zero attached hydrogens (tertiary/aromatic N) is 1. The zero-order valence-electron chi connectivity index (χ0n) is 9.82. The van der Waals surface area contributed by atoms with Gasteiger partial charge in [0.2, 0.25) is 5.76 Å². The lowest BCUT2D eigenvalue weighted by atomic mass is 10.3. The highest BCUT2D eigenvalue weighted by molar-refractivity contribution is 7.99. The van der Waals surface area contributed by atoms with Crippen LogP contribution in [-0.2, 0) is 4.74 Å². The van der Waals surface area contributed by atoms with Crippen LogP contribution in [0.5, 0.6) is 0 Å². The lowest BCUT2D eigenvalue weighted by Crippen LogP contribution is -2.03. The van der Waals surface area contributed by atoms with Gasteiger partial charge in [0.25, 0.3) is 0 Å². The first-order valence-electron chi connectivity index (χ1n) is 5.15. The Morgan fingerprint density at radius 2 is 2.16 bits per heavy atom. The highest BCUT2D eigenvalue weighted by Gasteiger charge is 2.12. The van der Waals surface area contributed by atoms with Gasteiger partial charge in [-0.1, -0.05) is 11.8 Å². The van der Waals surface area contributed by atoms with Crippen LogP contribution >= 0.6 is 11.8 Å². The number of carboxylic acid groups (broad SMARTS) is 1. The molecule has 0 saturated carbocycles. The molecule has 19 heavy (non-hydrogen) atoms. The van der Waals surface area contributed by atoms with Crippen LogP contribution in [-0.4, -0.2) is 29.1 Å². The summed E-state index contributed by atoms with van der Waals surface area (Å²) >= 11 is 1.19. The third-order valence-corrected chi connectivity index (χ3v) is 3.05. The van der Waals surface area contributed by atoms with Crippen LogP contribution in [0, 0.1) is 0 Å². The van der Waals surface area contributed by atoms with Gasteiger partial charge in [0.05, 0.1) is 7.11 Å². The van der Waals surface area contributed by atoms with Crippen LogP contribution in [0.4, 0.5) is 0 Å². The van der Waals surface area contributed by atoms with Crippen LogP contribution in [0.15, 0.2) is 44.9 Å². The number of esters is 1. The molecule has 6 nitrogen and oxygen atoms in total. The Morgan fingerprint density at radius 1 is 1.37 bits per heavy atom. The average Bonchev–Trinajstić information content (AvgIpc) is 2.87. The molecular weight excluding hydrogens is 270 g/mol. The van der Waals surface area contributed by atoms with E-state index >= 15 is 0 Å². The van der Waals surface area contributed by atoms with E-state index in [-0.39, 0.29) is 11.5 Å². The second-order valence-corrected chi connectivity index (χ2v) is 4.47. The Morgan fingerprint density at radius 3 is 2.79 bits per heavy atom. The minimum atomic E-state index is -1.13. The molecule has 0 fully saturated rings. The van der Waals surface area contributed by atoms with Crippen molar-refractivity contribution in [3.05, 3.63) is 41.9 Å². The van der Waals surface area contributed by atoms with Gasteiger partial charge in [0.1, 0.15) is 5.69 Å². The predicted molar refractivity (Wildman–Crippen MR) is 65.4 cm³/mol. The topological polar surface area (TPSA) is 89.6 Å². The van der Waals surface area contributed by atoms with Crippen molar-refractivity contribution in [2.24, 2.45) is 0 Å². The van der Waals surface area contributed by atoms with E-state index in [0.29, 0.717) is 9.99 Å². The monoisotopic (exact) mass is 279 g/mol. The van der Waals surface area contributed by atoms with Gasteiger partial charge in [-0.3, -0.25) is 0 Å². The zero-order valence-corrected chi connectivity index (χ0v) is 10.6. The van der Waals surface area contributed by atoms with Gasteiger partial charge in [0.15, 0.2) is 5.09 Å². The van der Waals surface area contributed by atoms with E-state index in [4.69, 9.17) is 9.52 Å². The standard InChI is InChI=1S/C12H9NO5S/c1-17-12(16)8-6-7(4-5-13-8)19-10-3-2-9(18-10)11(14)15/h2-6H,1H3,(H,14,15). The smallest absolute Gasteiger partial charge is 0.371 e. The summed E-state index contributed by atoms with van der Waals surface area (Å²) < 4.78 is 9.67. The lowest BCUT2D eigenvalue weighted by molar-refractivity contribution is 0.0592. The highest BCUT2D eigenvalue weighted by atomic mass is 32.2. The SMILES string of the molecule is COC(=O)c1cc(Sc2ccc(C(=O)O)o2)ccn1. The van der Waals surface area contributed by atoms with Crippen LogP contribution in [0.25, 0.3) is 0 Å². The van der Waals surface area contributed by atoms with Crippen molar-refractivity contribution in [3.8, 4) is 0 Å². The van der Waals surface area contributed by atoms with Gasteiger partial charge in [-0.05, 0) is 24.3 Å². The molecule has 0 aliphatic heterocycles. The summed E-state index contributed by atoms with van der Waals surface area (Å²) in [5.41, 5.74) is 0.178. The van der Waals surface area contributed by atoms with Crippen molar-refractivity contribution in [1.82, 2.24) is 4.98 Å². The molecule has 0 aliphatic rings. The number of aromatic carboxylic acids is 1. The largest absolute Gasteiger partial charge is 0.475 e. The molecule has 2 aromatic rings. The Hall–Kier alpha value is -2.28. The first-order chi connectivity index (χ1) is 9.10. The van der Waals surface area contributed by atoms with Crippen molar-refractivity contribution < 1.29 is 23.8 Å². The normalized spacial score (nSPS) is 10.2. The van der Waals surface area contributed by atoms with Crippen molar-refractivity contribution in [3.63, 3.8) is 0 Å². The molecule has 0 unspecified atom stereocenters. The summed E-state index contributed by atoms with van der Waals surface area (Å²) in [7, 11) is 1.27. The minimum absolute atomic E-state index is 0.134. The van der Waals surface area contributed by atoms with E-state index < -0.39 is 11.9 Å². The number of hydrogen-bond donors (Lipinski definition) is 1. The van der Waals surface area contributed by atoms with Crippen LogP contribution in [0.3, 0.4) is 0 Å². The fourth-order valence-electron chi connectivity index (χ4n) is 1.30. The van der Waals surface area contributed by atoms with E-state index in [0.717, 1.165) is 0 Å². The predicted octanol–water partition coefficient (Wildman–Crippen LogP) is 2.31. The molecule has 98 valence electrons. The highest BCUT2D eigenvalue weighted by Crippen LogP contribution is 2.29. The van der Waals surface area contributed by atoms with E-state index in [1.165, 1.54) is 31.1 Å². The molecule has 2 heterocycles. The summed E-state index contributed by atoms with van der Waals surface area (Å²) in [5.74, 6) is -1.80. The van der Waals surface area contributed by atoms with Gasteiger partial charge in [-0.25, -0.2) is 14.6 Å². The Balaban J connectivity index is 2.18. The van der Waals surface area contributed by atoms with Gasteiger partial charge in [-0.15, -0.1) is 0 Å². The maximum Gasteiger partial charge on any atom is 0.371 e. The quantitative estimate of drug-likeness (QED) is 0.859. The molecule has 0 atom stereocenters. The Kier molecular flexibility index (Phi) is 3.86. The summed E-state index contributed by atoms with van der Waals surface area (Å²) in [6.45, 7) is 0.